The molecule has 3 heteroatoms. The minimum atomic E-state index is 0.959. The lowest BCUT2D eigenvalue weighted by Crippen LogP contribution is -2.37. The fourth-order valence-electron chi connectivity index (χ4n) is 2.52. The summed E-state index contributed by atoms with van der Waals surface area (Å²) in [6.07, 6.45) is 0.971. The van der Waals surface area contributed by atoms with E-state index in [1.807, 2.05) is 0 Å². The van der Waals surface area contributed by atoms with Gasteiger partial charge in [-0.2, -0.15) is 0 Å². The molecule has 104 valence electrons. The zero-order valence-corrected chi connectivity index (χ0v) is 12.2. The second-order valence-corrected chi connectivity index (χ2v) is 4.97. The van der Waals surface area contributed by atoms with Crippen molar-refractivity contribution in [3.8, 4) is 0 Å². The maximum absolute atomic E-state index is 4.67. The number of nitrogens with zero attached hydrogens (tertiary/aromatic N) is 3. The molecule has 1 aromatic rings. The van der Waals surface area contributed by atoms with Gasteiger partial charge in [0.15, 0.2) is 0 Å². The molecule has 2 rings (SSSR count). The molecule has 1 heterocycles. The highest BCUT2D eigenvalue weighted by Crippen LogP contribution is 2.09. The Morgan fingerprint density at radius 2 is 1.89 bits per heavy atom. The van der Waals surface area contributed by atoms with Crippen molar-refractivity contribution in [3.05, 3.63) is 35.9 Å². The summed E-state index contributed by atoms with van der Waals surface area (Å²) in [7, 11) is 0. The molecule has 3 nitrogen and oxygen atoms in total. The van der Waals surface area contributed by atoms with Gasteiger partial charge in [0.1, 0.15) is 5.84 Å². The van der Waals surface area contributed by atoms with E-state index >= 15 is 0 Å². The molecule has 0 saturated carbocycles. The van der Waals surface area contributed by atoms with Gasteiger partial charge in [0.2, 0.25) is 0 Å². The van der Waals surface area contributed by atoms with Crippen LogP contribution in [0.1, 0.15) is 19.4 Å². The Labute approximate surface area is 116 Å². The quantitative estimate of drug-likeness (QED) is 0.748. The van der Waals surface area contributed by atoms with E-state index in [0.717, 1.165) is 45.7 Å². The maximum Gasteiger partial charge on any atom is 0.103 e. The van der Waals surface area contributed by atoms with Crippen molar-refractivity contribution in [2.75, 3.05) is 39.3 Å². The molecule has 1 aromatic carbocycles. The zero-order valence-electron chi connectivity index (χ0n) is 12.2. The number of hydrogen-bond acceptors (Lipinski definition) is 3. The first kappa shape index (κ1) is 14.1. The monoisotopic (exact) mass is 259 g/mol. The van der Waals surface area contributed by atoms with Gasteiger partial charge in [-0.25, -0.2) is 0 Å². The van der Waals surface area contributed by atoms with Crippen LogP contribution < -0.4 is 0 Å². The third-order valence-corrected chi connectivity index (χ3v) is 3.81. The van der Waals surface area contributed by atoms with Gasteiger partial charge in [-0.3, -0.25) is 4.99 Å². The average Bonchev–Trinajstić information content (AvgIpc) is 2.88. The zero-order chi connectivity index (χ0) is 13.5. The molecule has 0 bridgehead atoms. The summed E-state index contributed by atoms with van der Waals surface area (Å²) >= 11 is 0. The van der Waals surface area contributed by atoms with E-state index in [0.29, 0.717) is 0 Å². The number of benzene rings is 1. The van der Waals surface area contributed by atoms with Gasteiger partial charge in [0.05, 0.1) is 6.54 Å². The van der Waals surface area contributed by atoms with E-state index in [1.54, 1.807) is 0 Å². The Bertz CT molecular complexity index is 396. The number of aliphatic imine (C=N–C) groups is 1. The lowest BCUT2D eigenvalue weighted by molar-refractivity contribution is 0.273. The van der Waals surface area contributed by atoms with Crippen molar-refractivity contribution < 1.29 is 0 Å². The van der Waals surface area contributed by atoms with Crippen LogP contribution in [-0.4, -0.2) is 54.9 Å². The Kier molecular flexibility index (Phi) is 5.40. The molecule has 0 aromatic heterocycles. The van der Waals surface area contributed by atoms with Gasteiger partial charge >= 0.3 is 0 Å². The number of likely N-dealkylation sites (N-methyl/N-ethyl adjacent to an activating group) is 1. The SMILES string of the molecule is CCN(CC)CCN1CCN=C1Cc1ccccc1. The lowest BCUT2D eigenvalue weighted by atomic mass is 10.1. The largest absolute Gasteiger partial charge is 0.357 e. The van der Waals surface area contributed by atoms with Crippen LogP contribution in [0.4, 0.5) is 0 Å². The average molecular weight is 259 g/mol. The van der Waals surface area contributed by atoms with E-state index in [-0.39, 0.29) is 0 Å². The van der Waals surface area contributed by atoms with Crippen LogP contribution in [0.15, 0.2) is 35.3 Å². The van der Waals surface area contributed by atoms with E-state index in [2.05, 4.69) is 59.0 Å². The second kappa shape index (κ2) is 7.29. The number of rotatable bonds is 7. The minimum Gasteiger partial charge on any atom is -0.357 e. The predicted molar refractivity (Wildman–Crippen MR) is 81.8 cm³/mol. The fraction of sp³-hybridized carbons (Fsp3) is 0.562. The van der Waals surface area contributed by atoms with Crippen LogP contribution in [0.3, 0.4) is 0 Å². The number of amidine groups is 1. The molecular formula is C16H25N3. The second-order valence-electron chi connectivity index (χ2n) is 4.97. The molecule has 0 N–H and O–H groups in total. The molecule has 19 heavy (non-hydrogen) atoms. The highest BCUT2D eigenvalue weighted by Gasteiger charge is 2.17. The molecule has 0 unspecified atom stereocenters. The van der Waals surface area contributed by atoms with Gasteiger partial charge in [-0.15, -0.1) is 0 Å². The third kappa shape index (κ3) is 4.06. The van der Waals surface area contributed by atoms with Crippen molar-refractivity contribution in [2.24, 2.45) is 4.99 Å². The summed E-state index contributed by atoms with van der Waals surface area (Å²) in [6, 6.07) is 10.6. The molecule has 1 aliphatic heterocycles. The molecule has 0 saturated heterocycles. The van der Waals surface area contributed by atoms with Gasteiger partial charge < -0.3 is 9.80 Å². The molecule has 0 aliphatic carbocycles. The molecule has 0 atom stereocenters. The Balaban J connectivity index is 1.87. The molecule has 0 radical (unpaired) electrons. The van der Waals surface area contributed by atoms with Crippen LogP contribution in [0.5, 0.6) is 0 Å². The van der Waals surface area contributed by atoms with Crippen LogP contribution in [0, 0.1) is 0 Å². The van der Waals surface area contributed by atoms with E-state index in [4.69, 9.17) is 0 Å². The first-order valence-corrected chi connectivity index (χ1v) is 7.38. The summed E-state index contributed by atoms with van der Waals surface area (Å²) in [5.74, 6) is 1.26. The molecule has 0 spiro atoms. The van der Waals surface area contributed by atoms with Crippen molar-refractivity contribution in [3.63, 3.8) is 0 Å². The van der Waals surface area contributed by atoms with Crippen LogP contribution >= 0.6 is 0 Å². The van der Waals surface area contributed by atoms with E-state index < -0.39 is 0 Å². The highest BCUT2D eigenvalue weighted by molar-refractivity contribution is 5.85. The van der Waals surface area contributed by atoms with Gasteiger partial charge in [0.25, 0.3) is 0 Å². The first-order chi connectivity index (χ1) is 9.33. The topological polar surface area (TPSA) is 18.8 Å². The lowest BCUT2D eigenvalue weighted by Gasteiger charge is -2.25. The van der Waals surface area contributed by atoms with Crippen molar-refractivity contribution in [2.45, 2.75) is 20.3 Å². The summed E-state index contributed by atoms with van der Waals surface area (Å²) < 4.78 is 0. The predicted octanol–water partition coefficient (Wildman–Crippen LogP) is 2.29. The van der Waals surface area contributed by atoms with Crippen molar-refractivity contribution in [1.82, 2.24) is 9.80 Å². The Hall–Kier alpha value is -1.35. The van der Waals surface area contributed by atoms with E-state index in [9.17, 15) is 0 Å². The first-order valence-electron chi connectivity index (χ1n) is 7.38. The highest BCUT2D eigenvalue weighted by atomic mass is 15.3. The van der Waals surface area contributed by atoms with Crippen molar-refractivity contribution in [1.29, 1.82) is 0 Å². The molecule has 0 fully saturated rings. The molecule has 0 amide bonds. The summed E-state index contributed by atoms with van der Waals surface area (Å²) in [4.78, 5) is 9.59. The normalized spacial score (nSPS) is 15.1. The van der Waals surface area contributed by atoms with Crippen molar-refractivity contribution >= 4 is 5.84 Å². The van der Waals surface area contributed by atoms with Gasteiger partial charge in [0, 0.05) is 26.1 Å². The fourth-order valence-corrected chi connectivity index (χ4v) is 2.52. The number of hydrogen-bond donors (Lipinski definition) is 0. The van der Waals surface area contributed by atoms with Crippen LogP contribution in [0.2, 0.25) is 0 Å². The standard InChI is InChI=1S/C16H25N3/c1-3-18(4-2)12-13-19-11-10-17-16(19)14-15-8-6-5-7-9-15/h5-9H,3-4,10-14H2,1-2H3. The molecular weight excluding hydrogens is 234 g/mol. The van der Waals surface area contributed by atoms with Crippen LogP contribution in [-0.2, 0) is 6.42 Å². The third-order valence-electron chi connectivity index (χ3n) is 3.81. The Morgan fingerprint density at radius 3 is 2.58 bits per heavy atom. The molecule has 1 aliphatic rings. The Morgan fingerprint density at radius 1 is 1.16 bits per heavy atom. The van der Waals surface area contributed by atoms with Gasteiger partial charge in [-0.05, 0) is 18.7 Å². The minimum absolute atomic E-state index is 0.959. The summed E-state index contributed by atoms with van der Waals surface area (Å²) in [6.45, 7) is 11.0. The van der Waals surface area contributed by atoms with E-state index in [1.165, 1.54) is 11.4 Å². The van der Waals surface area contributed by atoms with Crippen LogP contribution in [0.25, 0.3) is 0 Å². The summed E-state index contributed by atoms with van der Waals surface area (Å²) in [5.41, 5.74) is 1.36. The smallest absolute Gasteiger partial charge is 0.103 e. The maximum atomic E-state index is 4.67. The summed E-state index contributed by atoms with van der Waals surface area (Å²) in [5, 5.41) is 0. The van der Waals surface area contributed by atoms with Gasteiger partial charge in [-0.1, -0.05) is 44.2 Å².